The molecule has 1 N–H and O–H groups in total. The lowest BCUT2D eigenvalue weighted by atomic mass is 10.1. The molecule has 0 aliphatic heterocycles. The third kappa shape index (κ3) is 3.52. The Balaban J connectivity index is 2.38. The molecule has 0 aliphatic carbocycles. The predicted molar refractivity (Wildman–Crippen MR) is 81.4 cm³/mol. The van der Waals surface area contributed by atoms with Gasteiger partial charge in [0.25, 0.3) is 0 Å². The SMILES string of the molecule is Cc1ccc(S(=O)(=O)Oc2ccccc2C(=O)C(C)O)cc1. The van der Waals surface area contributed by atoms with E-state index in [1.165, 1.54) is 31.2 Å². The van der Waals surface area contributed by atoms with Crippen LogP contribution in [0.1, 0.15) is 22.8 Å². The third-order valence-corrected chi connectivity index (χ3v) is 4.29. The number of hydrogen-bond acceptors (Lipinski definition) is 5. The van der Waals surface area contributed by atoms with Crippen LogP contribution in [0.4, 0.5) is 0 Å². The van der Waals surface area contributed by atoms with E-state index >= 15 is 0 Å². The summed E-state index contributed by atoms with van der Waals surface area (Å²) in [4.78, 5) is 11.9. The van der Waals surface area contributed by atoms with Gasteiger partial charge in [0.1, 0.15) is 11.0 Å². The maximum absolute atomic E-state index is 12.3. The number of carbonyl (C=O) groups excluding carboxylic acids is 1. The Morgan fingerprint density at radius 1 is 1.09 bits per heavy atom. The van der Waals surface area contributed by atoms with Gasteiger partial charge in [-0.3, -0.25) is 4.79 Å². The van der Waals surface area contributed by atoms with Gasteiger partial charge in [-0.05, 0) is 38.1 Å². The fourth-order valence-corrected chi connectivity index (χ4v) is 2.79. The molecule has 2 rings (SSSR count). The molecule has 5 nitrogen and oxygen atoms in total. The molecule has 0 amide bonds. The van der Waals surface area contributed by atoms with Crippen LogP contribution in [-0.4, -0.2) is 25.4 Å². The average molecular weight is 320 g/mol. The average Bonchev–Trinajstić information content (AvgIpc) is 2.47. The van der Waals surface area contributed by atoms with Crippen LogP contribution in [0.3, 0.4) is 0 Å². The highest BCUT2D eigenvalue weighted by atomic mass is 32.2. The molecule has 116 valence electrons. The van der Waals surface area contributed by atoms with Crippen LogP contribution in [0.15, 0.2) is 53.4 Å². The van der Waals surface area contributed by atoms with E-state index in [-0.39, 0.29) is 16.2 Å². The highest BCUT2D eigenvalue weighted by Crippen LogP contribution is 2.24. The second-order valence-electron chi connectivity index (χ2n) is 4.89. The van der Waals surface area contributed by atoms with Crippen molar-refractivity contribution in [3.05, 3.63) is 59.7 Å². The normalized spacial score (nSPS) is 12.7. The molecule has 0 heterocycles. The van der Waals surface area contributed by atoms with Crippen molar-refractivity contribution in [2.75, 3.05) is 0 Å². The van der Waals surface area contributed by atoms with Crippen LogP contribution in [0.2, 0.25) is 0 Å². The molecule has 0 spiro atoms. The minimum Gasteiger partial charge on any atom is -0.385 e. The second kappa shape index (κ2) is 6.29. The van der Waals surface area contributed by atoms with Crippen molar-refractivity contribution in [1.29, 1.82) is 0 Å². The lowest BCUT2D eigenvalue weighted by Crippen LogP contribution is -2.19. The lowest BCUT2D eigenvalue weighted by molar-refractivity contribution is 0.0778. The summed E-state index contributed by atoms with van der Waals surface area (Å²) in [6, 6.07) is 12.1. The summed E-state index contributed by atoms with van der Waals surface area (Å²) in [7, 11) is -4.05. The zero-order valence-electron chi connectivity index (χ0n) is 12.2. The summed E-state index contributed by atoms with van der Waals surface area (Å²) in [6.45, 7) is 3.15. The molecule has 0 aliphatic rings. The van der Waals surface area contributed by atoms with Crippen LogP contribution in [-0.2, 0) is 10.1 Å². The number of para-hydroxylation sites is 1. The van der Waals surface area contributed by atoms with E-state index in [1.54, 1.807) is 24.3 Å². The van der Waals surface area contributed by atoms with Gasteiger partial charge in [0, 0.05) is 0 Å². The quantitative estimate of drug-likeness (QED) is 0.675. The van der Waals surface area contributed by atoms with E-state index in [9.17, 15) is 18.3 Å². The zero-order valence-corrected chi connectivity index (χ0v) is 13.0. The van der Waals surface area contributed by atoms with Gasteiger partial charge in [0.2, 0.25) is 0 Å². The number of Topliss-reactive ketones (excluding diaryl/α,β-unsaturated/α-hetero) is 1. The summed E-state index contributed by atoms with van der Waals surface area (Å²) < 4.78 is 29.6. The number of aliphatic hydroxyl groups excluding tert-OH is 1. The van der Waals surface area contributed by atoms with Crippen molar-refractivity contribution in [2.45, 2.75) is 24.8 Å². The molecule has 0 fully saturated rings. The summed E-state index contributed by atoms with van der Waals surface area (Å²) in [5.41, 5.74) is 0.941. The van der Waals surface area contributed by atoms with E-state index in [2.05, 4.69) is 0 Å². The first kappa shape index (κ1) is 16.2. The van der Waals surface area contributed by atoms with Gasteiger partial charge >= 0.3 is 10.1 Å². The number of rotatable bonds is 5. The number of aliphatic hydroxyl groups is 1. The molecule has 2 aromatic rings. The highest BCUT2D eigenvalue weighted by molar-refractivity contribution is 7.87. The smallest absolute Gasteiger partial charge is 0.339 e. The van der Waals surface area contributed by atoms with Crippen LogP contribution in [0.5, 0.6) is 5.75 Å². The topological polar surface area (TPSA) is 80.7 Å². The van der Waals surface area contributed by atoms with Crippen molar-refractivity contribution in [3.8, 4) is 5.75 Å². The minimum absolute atomic E-state index is 0.00241. The molecule has 0 saturated carbocycles. The molecule has 2 aromatic carbocycles. The zero-order chi connectivity index (χ0) is 16.3. The monoisotopic (exact) mass is 320 g/mol. The molecule has 1 unspecified atom stereocenters. The Kier molecular flexibility index (Phi) is 4.63. The minimum atomic E-state index is -4.05. The molecule has 0 bridgehead atoms. The largest absolute Gasteiger partial charge is 0.385 e. The van der Waals surface area contributed by atoms with Crippen molar-refractivity contribution in [1.82, 2.24) is 0 Å². The predicted octanol–water partition coefficient (Wildman–Crippen LogP) is 2.33. The molecule has 0 saturated heterocycles. The molecule has 0 radical (unpaired) electrons. The van der Waals surface area contributed by atoms with E-state index < -0.39 is 22.0 Å². The van der Waals surface area contributed by atoms with E-state index in [0.29, 0.717) is 0 Å². The number of carbonyl (C=O) groups is 1. The number of ketones is 1. The van der Waals surface area contributed by atoms with Crippen molar-refractivity contribution in [2.24, 2.45) is 0 Å². The van der Waals surface area contributed by atoms with Crippen LogP contribution in [0.25, 0.3) is 0 Å². The first-order chi connectivity index (χ1) is 10.3. The van der Waals surface area contributed by atoms with Gasteiger partial charge in [0.05, 0.1) is 5.56 Å². The third-order valence-electron chi connectivity index (χ3n) is 3.04. The summed E-state index contributed by atoms with van der Waals surface area (Å²) in [6.07, 6.45) is -1.24. The van der Waals surface area contributed by atoms with Gasteiger partial charge < -0.3 is 9.29 Å². The molecule has 22 heavy (non-hydrogen) atoms. The Hall–Kier alpha value is -2.18. The van der Waals surface area contributed by atoms with Gasteiger partial charge in [-0.1, -0.05) is 29.8 Å². The van der Waals surface area contributed by atoms with Gasteiger partial charge in [0.15, 0.2) is 11.5 Å². The van der Waals surface area contributed by atoms with Crippen LogP contribution < -0.4 is 4.18 Å². The number of benzene rings is 2. The molecule has 1 atom stereocenters. The number of hydrogen-bond donors (Lipinski definition) is 1. The van der Waals surface area contributed by atoms with Gasteiger partial charge in [-0.25, -0.2) is 0 Å². The fourth-order valence-electron chi connectivity index (χ4n) is 1.84. The molecular formula is C16H16O5S. The van der Waals surface area contributed by atoms with E-state index in [4.69, 9.17) is 4.18 Å². The lowest BCUT2D eigenvalue weighted by Gasteiger charge is -2.12. The molecule has 0 aromatic heterocycles. The Morgan fingerprint density at radius 3 is 2.27 bits per heavy atom. The standard InChI is InChI=1S/C16H16O5S/c1-11-7-9-13(10-8-11)22(19,20)21-15-6-4-3-5-14(15)16(18)12(2)17/h3-10,12,17H,1-2H3. The van der Waals surface area contributed by atoms with Gasteiger partial charge in [-0.2, -0.15) is 8.42 Å². The van der Waals surface area contributed by atoms with Crippen molar-refractivity contribution < 1.29 is 22.5 Å². The maximum atomic E-state index is 12.3. The van der Waals surface area contributed by atoms with Crippen molar-refractivity contribution >= 4 is 15.9 Å². The Labute approximate surface area is 129 Å². The highest BCUT2D eigenvalue weighted by Gasteiger charge is 2.22. The van der Waals surface area contributed by atoms with Crippen LogP contribution in [0, 0.1) is 6.92 Å². The first-order valence-electron chi connectivity index (χ1n) is 6.64. The summed E-state index contributed by atoms with van der Waals surface area (Å²) in [5.74, 6) is -0.705. The van der Waals surface area contributed by atoms with E-state index in [1.807, 2.05) is 6.92 Å². The Bertz CT molecular complexity index is 776. The van der Waals surface area contributed by atoms with Crippen LogP contribution >= 0.6 is 0 Å². The molecule has 6 heteroatoms. The summed E-state index contributed by atoms with van der Waals surface area (Å²) in [5, 5.41) is 9.39. The van der Waals surface area contributed by atoms with Gasteiger partial charge in [-0.15, -0.1) is 0 Å². The van der Waals surface area contributed by atoms with E-state index in [0.717, 1.165) is 5.56 Å². The number of aryl methyl sites for hydroxylation is 1. The second-order valence-corrected chi connectivity index (χ2v) is 6.43. The van der Waals surface area contributed by atoms with Crippen molar-refractivity contribution in [3.63, 3.8) is 0 Å². The molecular weight excluding hydrogens is 304 g/mol. The maximum Gasteiger partial charge on any atom is 0.339 e. The summed E-state index contributed by atoms with van der Waals surface area (Å²) >= 11 is 0. The Morgan fingerprint density at radius 2 is 1.68 bits per heavy atom. The fraction of sp³-hybridized carbons (Fsp3) is 0.188. The first-order valence-corrected chi connectivity index (χ1v) is 8.04.